The molecule has 2 N–H and O–H groups in total. The van der Waals surface area contributed by atoms with Gasteiger partial charge in [-0.1, -0.05) is 27.7 Å². The summed E-state index contributed by atoms with van der Waals surface area (Å²) in [5.74, 6) is 1.02. The number of aromatic nitrogens is 1. The van der Waals surface area contributed by atoms with Crippen molar-refractivity contribution in [2.24, 2.45) is 0 Å². The molecule has 0 unspecified atom stereocenters. The van der Waals surface area contributed by atoms with Crippen LogP contribution in [0.15, 0.2) is 12.1 Å². The van der Waals surface area contributed by atoms with Gasteiger partial charge in [-0.2, -0.15) is 0 Å². The third-order valence-electron chi connectivity index (χ3n) is 3.28. The molecule has 1 amide bonds. The number of anilines is 1. The largest absolute Gasteiger partial charge is 0.373 e. The van der Waals surface area contributed by atoms with Crippen LogP contribution in [0.1, 0.15) is 62.5 Å². The quantitative estimate of drug-likeness (QED) is 0.829. The first-order valence-electron chi connectivity index (χ1n) is 7.02. The molecule has 0 aliphatic heterocycles. The maximum Gasteiger partial charge on any atom is 0.251 e. The van der Waals surface area contributed by atoms with Gasteiger partial charge in [-0.15, -0.1) is 0 Å². The van der Waals surface area contributed by atoms with E-state index in [1.807, 2.05) is 13.1 Å². The molecule has 0 radical (unpaired) electrons. The Morgan fingerprint density at radius 1 is 1.26 bits per heavy atom. The van der Waals surface area contributed by atoms with Crippen LogP contribution in [0, 0.1) is 0 Å². The van der Waals surface area contributed by atoms with Gasteiger partial charge in [0, 0.05) is 24.3 Å². The Balaban J connectivity index is 2.98. The van der Waals surface area contributed by atoms with Crippen molar-refractivity contribution in [2.75, 3.05) is 12.4 Å². The third kappa shape index (κ3) is 4.23. The molecule has 0 saturated heterocycles. The number of nitrogens with one attached hydrogen (secondary N) is 2. The first kappa shape index (κ1) is 15.5. The van der Waals surface area contributed by atoms with Crippen molar-refractivity contribution in [1.29, 1.82) is 0 Å². The van der Waals surface area contributed by atoms with E-state index in [4.69, 9.17) is 0 Å². The summed E-state index contributed by atoms with van der Waals surface area (Å²) in [7, 11) is 1.81. The number of carbonyl (C=O) groups excluding carboxylic acids is 1. The average Bonchev–Trinajstić information content (AvgIpc) is 2.43. The number of carbonyl (C=O) groups is 1. The Morgan fingerprint density at radius 3 is 2.37 bits per heavy atom. The molecule has 0 fully saturated rings. The molecule has 19 heavy (non-hydrogen) atoms. The Morgan fingerprint density at radius 2 is 1.89 bits per heavy atom. The lowest BCUT2D eigenvalue weighted by Gasteiger charge is -2.16. The standard InChI is InChI=1S/C15H25N3O/c1-6-12(7-2)17-15(19)11-8-13(10(3)4)18-14(9-11)16-5/h8-10,12H,6-7H2,1-5H3,(H,16,18)(H,17,19). The van der Waals surface area contributed by atoms with E-state index in [2.05, 4.69) is 43.3 Å². The molecule has 1 heterocycles. The third-order valence-corrected chi connectivity index (χ3v) is 3.28. The van der Waals surface area contributed by atoms with Crippen molar-refractivity contribution in [3.05, 3.63) is 23.4 Å². The van der Waals surface area contributed by atoms with Crippen molar-refractivity contribution in [1.82, 2.24) is 10.3 Å². The Hall–Kier alpha value is -1.58. The van der Waals surface area contributed by atoms with E-state index in [0.29, 0.717) is 11.5 Å². The molecule has 1 rings (SSSR count). The zero-order chi connectivity index (χ0) is 14.4. The molecular formula is C15H25N3O. The van der Waals surface area contributed by atoms with Crippen LogP contribution in [0.4, 0.5) is 5.82 Å². The van der Waals surface area contributed by atoms with Gasteiger partial charge in [0.1, 0.15) is 5.82 Å². The number of pyridine rings is 1. The minimum Gasteiger partial charge on any atom is -0.373 e. The zero-order valence-corrected chi connectivity index (χ0v) is 12.6. The number of rotatable bonds is 6. The summed E-state index contributed by atoms with van der Waals surface area (Å²) in [5.41, 5.74) is 1.61. The molecule has 0 aliphatic rings. The lowest BCUT2D eigenvalue weighted by molar-refractivity contribution is 0.0934. The fourth-order valence-electron chi connectivity index (χ4n) is 1.87. The van der Waals surface area contributed by atoms with Crippen molar-refractivity contribution >= 4 is 11.7 Å². The smallest absolute Gasteiger partial charge is 0.251 e. The second-order valence-corrected chi connectivity index (χ2v) is 5.06. The highest BCUT2D eigenvalue weighted by atomic mass is 16.1. The summed E-state index contributed by atoms with van der Waals surface area (Å²) in [4.78, 5) is 16.7. The molecule has 1 aromatic heterocycles. The van der Waals surface area contributed by atoms with E-state index >= 15 is 0 Å². The van der Waals surface area contributed by atoms with E-state index in [9.17, 15) is 4.79 Å². The average molecular weight is 263 g/mol. The summed E-state index contributed by atoms with van der Waals surface area (Å²) in [6.07, 6.45) is 1.90. The molecule has 4 nitrogen and oxygen atoms in total. The molecule has 0 atom stereocenters. The first-order valence-corrected chi connectivity index (χ1v) is 7.02. The number of hydrogen-bond acceptors (Lipinski definition) is 3. The second-order valence-electron chi connectivity index (χ2n) is 5.06. The van der Waals surface area contributed by atoms with Gasteiger partial charge in [-0.25, -0.2) is 4.98 Å². The molecule has 0 spiro atoms. The highest BCUT2D eigenvalue weighted by Gasteiger charge is 2.14. The molecule has 4 heteroatoms. The summed E-state index contributed by atoms with van der Waals surface area (Å²) >= 11 is 0. The van der Waals surface area contributed by atoms with Crippen molar-refractivity contribution in [3.63, 3.8) is 0 Å². The van der Waals surface area contributed by atoms with Crippen molar-refractivity contribution in [2.45, 2.75) is 52.5 Å². The van der Waals surface area contributed by atoms with Gasteiger partial charge in [0.05, 0.1) is 0 Å². The number of hydrogen-bond donors (Lipinski definition) is 2. The monoisotopic (exact) mass is 263 g/mol. The SMILES string of the molecule is CCC(CC)NC(=O)c1cc(NC)nc(C(C)C)c1. The molecule has 1 aromatic rings. The van der Waals surface area contributed by atoms with Gasteiger partial charge in [-0.3, -0.25) is 4.79 Å². The van der Waals surface area contributed by atoms with Crippen LogP contribution in [0.25, 0.3) is 0 Å². The van der Waals surface area contributed by atoms with Crippen LogP contribution in [-0.2, 0) is 0 Å². The molecule has 0 saturated carbocycles. The molecule has 0 aromatic carbocycles. The summed E-state index contributed by atoms with van der Waals surface area (Å²) < 4.78 is 0. The predicted octanol–water partition coefficient (Wildman–Crippen LogP) is 3.17. The van der Waals surface area contributed by atoms with Gasteiger partial charge in [0.25, 0.3) is 5.91 Å². The van der Waals surface area contributed by atoms with Gasteiger partial charge >= 0.3 is 0 Å². The zero-order valence-electron chi connectivity index (χ0n) is 12.6. The lowest BCUT2D eigenvalue weighted by Crippen LogP contribution is -2.34. The van der Waals surface area contributed by atoms with E-state index in [1.165, 1.54) is 0 Å². The van der Waals surface area contributed by atoms with Crippen LogP contribution in [0.5, 0.6) is 0 Å². The maximum atomic E-state index is 12.2. The van der Waals surface area contributed by atoms with Crippen molar-refractivity contribution < 1.29 is 4.79 Å². The van der Waals surface area contributed by atoms with E-state index < -0.39 is 0 Å². The fourth-order valence-corrected chi connectivity index (χ4v) is 1.87. The fraction of sp³-hybridized carbons (Fsp3) is 0.600. The van der Waals surface area contributed by atoms with Crippen LogP contribution in [0.3, 0.4) is 0 Å². The van der Waals surface area contributed by atoms with E-state index in [1.54, 1.807) is 6.07 Å². The maximum absolute atomic E-state index is 12.2. The van der Waals surface area contributed by atoms with E-state index in [0.717, 1.165) is 24.4 Å². The number of nitrogens with zero attached hydrogens (tertiary/aromatic N) is 1. The second kappa shape index (κ2) is 7.12. The van der Waals surface area contributed by atoms with Gasteiger partial charge in [-0.05, 0) is 30.9 Å². The highest BCUT2D eigenvalue weighted by molar-refractivity contribution is 5.95. The predicted molar refractivity (Wildman–Crippen MR) is 79.7 cm³/mol. The first-order chi connectivity index (χ1) is 9.01. The van der Waals surface area contributed by atoms with Gasteiger partial charge < -0.3 is 10.6 Å². The molecular weight excluding hydrogens is 238 g/mol. The normalized spacial score (nSPS) is 10.9. The summed E-state index contributed by atoms with van der Waals surface area (Å²) in [6.45, 7) is 8.31. The minimum atomic E-state index is -0.0190. The van der Waals surface area contributed by atoms with Gasteiger partial charge in [0.2, 0.25) is 0 Å². The summed E-state index contributed by atoms with van der Waals surface area (Å²) in [6, 6.07) is 3.91. The Labute approximate surface area is 116 Å². The highest BCUT2D eigenvalue weighted by Crippen LogP contribution is 2.17. The molecule has 0 aliphatic carbocycles. The van der Waals surface area contributed by atoms with Crippen molar-refractivity contribution in [3.8, 4) is 0 Å². The van der Waals surface area contributed by atoms with Crippen LogP contribution in [-0.4, -0.2) is 24.0 Å². The van der Waals surface area contributed by atoms with Crippen LogP contribution >= 0.6 is 0 Å². The molecule has 0 bridgehead atoms. The van der Waals surface area contributed by atoms with Gasteiger partial charge in [0.15, 0.2) is 0 Å². The van der Waals surface area contributed by atoms with E-state index in [-0.39, 0.29) is 11.9 Å². The minimum absolute atomic E-state index is 0.0190. The lowest BCUT2D eigenvalue weighted by atomic mass is 10.1. The Kier molecular flexibility index (Phi) is 5.80. The van der Waals surface area contributed by atoms with Crippen LogP contribution in [0.2, 0.25) is 0 Å². The number of amides is 1. The topological polar surface area (TPSA) is 54.0 Å². The van der Waals surface area contributed by atoms with Crippen LogP contribution < -0.4 is 10.6 Å². The summed E-state index contributed by atoms with van der Waals surface area (Å²) in [5, 5.41) is 6.06. The molecule has 106 valence electrons. The Bertz CT molecular complexity index is 425.